The first-order valence-electron chi connectivity index (χ1n) is 12.1. The van der Waals surface area contributed by atoms with Crippen molar-refractivity contribution in [1.29, 1.82) is 0 Å². The first-order chi connectivity index (χ1) is 18.4. The predicted molar refractivity (Wildman–Crippen MR) is 153 cm³/mol. The molecule has 39 heavy (non-hydrogen) atoms. The monoisotopic (exact) mass is 564 g/mol. The van der Waals surface area contributed by atoms with Gasteiger partial charge in [-0.05, 0) is 0 Å². The molecule has 0 N–H and O–H groups in total. The fourth-order valence-electron chi connectivity index (χ4n) is 4.43. The van der Waals surface area contributed by atoms with Crippen LogP contribution >= 0.6 is 6.83 Å². The zero-order valence-electron chi connectivity index (χ0n) is 22.0. The van der Waals surface area contributed by atoms with Crippen molar-refractivity contribution in [3.63, 3.8) is 0 Å². The molecule has 0 aliphatic heterocycles. The van der Waals surface area contributed by atoms with Gasteiger partial charge in [0, 0.05) is 0 Å². The predicted octanol–water partition coefficient (Wildman–Crippen LogP) is 4.63. The molecule has 0 fully saturated rings. The third-order valence-electron chi connectivity index (χ3n) is 6.41. The molecule has 0 radical (unpaired) electrons. The van der Waals surface area contributed by atoms with Crippen LogP contribution in [0.25, 0.3) is 0 Å². The van der Waals surface area contributed by atoms with Gasteiger partial charge in [-0.1, -0.05) is 0 Å². The second-order valence-electron chi connectivity index (χ2n) is 9.32. The Morgan fingerprint density at radius 2 is 1.03 bits per heavy atom. The van der Waals surface area contributed by atoms with Crippen molar-refractivity contribution in [2.75, 3.05) is 6.66 Å². The van der Waals surface area contributed by atoms with E-state index in [0.29, 0.717) is 27.4 Å². The van der Waals surface area contributed by atoms with E-state index in [1.54, 1.807) is 60.7 Å². The first-order valence-corrected chi connectivity index (χ1v) is 16.1. The second-order valence-corrected chi connectivity index (χ2v) is 15.8. The second kappa shape index (κ2) is 10.7. The number of aryl methyl sites for hydroxylation is 1. The zero-order valence-corrected chi connectivity index (χ0v) is 23.7. The molecule has 0 saturated carbocycles. The molecule has 4 aromatic rings. The Labute approximate surface area is 228 Å². The Bertz CT molecular complexity index is 1540. The van der Waals surface area contributed by atoms with Crippen LogP contribution in [0.15, 0.2) is 108 Å². The molecule has 4 rings (SSSR count). The number of rotatable bonds is 8. The van der Waals surface area contributed by atoms with Crippen LogP contribution in [-0.4, -0.2) is 27.0 Å². The number of hydrogen-bond donors (Lipinski definition) is 0. The summed E-state index contributed by atoms with van der Waals surface area (Å²) in [5, 5.41) is 1.82. The maximum absolute atomic E-state index is 14.0. The Hall–Kier alpha value is -3.84. The molecule has 0 heterocycles. The van der Waals surface area contributed by atoms with E-state index in [1.807, 2.05) is 43.9 Å². The fraction of sp³-hybridized carbons (Fsp3) is 0.133. The molecule has 0 bridgehead atoms. The quantitative estimate of drug-likeness (QED) is 0.175. The minimum absolute atomic E-state index is 0.0212. The number of benzene rings is 4. The number of esters is 2. The van der Waals surface area contributed by atoms with E-state index in [2.05, 4.69) is 0 Å². The summed E-state index contributed by atoms with van der Waals surface area (Å²) in [4.78, 5) is 23.1. The van der Waals surface area contributed by atoms with Gasteiger partial charge in [-0.25, -0.2) is 0 Å². The molecule has 4 aromatic carbocycles. The topological polar surface area (TPSA) is 96.0 Å². The Kier molecular flexibility index (Phi) is 7.75. The summed E-state index contributed by atoms with van der Waals surface area (Å²) >= 11 is 0. The van der Waals surface area contributed by atoms with E-state index in [1.165, 1.54) is 26.0 Å². The number of ether oxygens (including phenoxy) is 2. The molecule has 0 atom stereocenters. The van der Waals surface area contributed by atoms with E-state index in [0.717, 1.165) is 5.56 Å². The summed E-state index contributed by atoms with van der Waals surface area (Å²) in [5.41, 5.74) is 0.910. The first kappa shape index (κ1) is 28.2. The standard InChI is InChI=1S/C30H29O7PS/c1-22-10-20-30(21-11-22)39(33,34)37-38(4,27-8-6-5-7-9-27,28-16-12-25(13-17-28)35-23(2)31)29-18-14-26(15-19-29)36-24(3)32/h5-21H,1-4H3. The Morgan fingerprint density at radius 3 is 1.44 bits per heavy atom. The molecule has 0 amide bonds. The summed E-state index contributed by atoms with van der Waals surface area (Å²) in [7, 11) is -4.31. The molecule has 0 unspecified atom stereocenters. The summed E-state index contributed by atoms with van der Waals surface area (Å²) in [6.45, 7) is 2.02. The molecule has 202 valence electrons. The molecule has 0 aliphatic carbocycles. The third kappa shape index (κ3) is 5.64. The van der Waals surface area contributed by atoms with Crippen molar-refractivity contribution in [3.05, 3.63) is 109 Å². The van der Waals surface area contributed by atoms with Crippen LogP contribution in [-0.2, 0) is 23.7 Å². The van der Waals surface area contributed by atoms with Gasteiger partial charge in [0.15, 0.2) is 0 Å². The minimum atomic E-state index is -4.31. The summed E-state index contributed by atoms with van der Waals surface area (Å²) < 4.78 is 44.9. The van der Waals surface area contributed by atoms with Crippen LogP contribution in [0.3, 0.4) is 0 Å². The maximum atomic E-state index is 14.0. The van der Waals surface area contributed by atoms with Gasteiger partial charge in [-0.15, -0.1) is 0 Å². The van der Waals surface area contributed by atoms with Crippen molar-refractivity contribution in [3.8, 4) is 11.5 Å². The number of carbonyl (C=O) groups is 2. The zero-order chi connectivity index (χ0) is 28.3. The van der Waals surface area contributed by atoms with Gasteiger partial charge >= 0.3 is 229 Å². The van der Waals surface area contributed by atoms with Crippen molar-refractivity contribution in [2.24, 2.45) is 0 Å². The van der Waals surface area contributed by atoms with Crippen LogP contribution in [0.1, 0.15) is 19.4 Å². The van der Waals surface area contributed by atoms with Crippen LogP contribution in [0.4, 0.5) is 0 Å². The molecule has 9 heteroatoms. The van der Waals surface area contributed by atoms with E-state index in [-0.39, 0.29) is 4.90 Å². The van der Waals surface area contributed by atoms with Gasteiger partial charge in [-0.2, -0.15) is 0 Å². The van der Waals surface area contributed by atoms with Gasteiger partial charge in [0.1, 0.15) is 0 Å². The van der Waals surface area contributed by atoms with Crippen molar-refractivity contribution in [2.45, 2.75) is 25.7 Å². The summed E-state index contributed by atoms with van der Waals surface area (Å²) in [6, 6.07) is 28.9. The van der Waals surface area contributed by atoms with Gasteiger partial charge in [-0.3, -0.25) is 0 Å². The molecule has 0 spiro atoms. The molecule has 0 aromatic heterocycles. The van der Waals surface area contributed by atoms with Crippen molar-refractivity contribution < 1.29 is 31.5 Å². The van der Waals surface area contributed by atoms with E-state index in [4.69, 9.17) is 13.4 Å². The van der Waals surface area contributed by atoms with Gasteiger partial charge in [0.05, 0.1) is 0 Å². The number of carbonyl (C=O) groups excluding carboxylic acids is 2. The summed E-state index contributed by atoms with van der Waals surface area (Å²) in [6.07, 6.45) is 0. The average Bonchev–Trinajstić information content (AvgIpc) is 2.89. The Morgan fingerprint density at radius 1 is 0.615 bits per heavy atom. The van der Waals surface area contributed by atoms with Crippen LogP contribution in [0.2, 0.25) is 0 Å². The van der Waals surface area contributed by atoms with Crippen LogP contribution in [0.5, 0.6) is 11.5 Å². The SMILES string of the molecule is CC(=O)Oc1ccc(P(C)(OS(=O)(=O)c2ccc(C)cc2)(c2ccccc2)c2ccc(OC(C)=O)cc2)cc1. The number of hydrogen-bond acceptors (Lipinski definition) is 7. The van der Waals surface area contributed by atoms with Crippen molar-refractivity contribution >= 4 is 44.8 Å². The molecule has 7 nitrogen and oxygen atoms in total. The third-order valence-corrected chi connectivity index (χ3v) is 14.2. The Balaban J connectivity index is 2.03. The fourth-order valence-corrected chi connectivity index (χ4v) is 11.8. The molecular weight excluding hydrogens is 535 g/mol. The molecular formula is C30H29O7PS. The van der Waals surface area contributed by atoms with Crippen molar-refractivity contribution in [1.82, 2.24) is 0 Å². The van der Waals surface area contributed by atoms with Crippen LogP contribution < -0.4 is 25.4 Å². The van der Waals surface area contributed by atoms with Gasteiger partial charge in [0.2, 0.25) is 0 Å². The van der Waals surface area contributed by atoms with Gasteiger partial charge in [0.25, 0.3) is 0 Å². The summed E-state index contributed by atoms with van der Waals surface area (Å²) in [5.74, 6) is -0.315. The molecule has 0 aliphatic rings. The van der Waals surface area contributed by atoms with E-state index >= 15 is 0 Å². The van der Waals surface area contributed by atoms with E-state index < -0.39 is 28.9 Å². The average molecular weight is 565 g/mol. The normalized spacial score (nSPS) is 12.7. The van der Waals surface area contributed by atoms with Crippen LogP contribution in [0, 0.1) is 6.92 Å². The van der Waals surface area contributed by atoms with E-state index in [9.17, 15) is 18.0 Å². The van der Waals surface area contributed by atoms with Gasteiger partial charge < -0.3 is 0 Å². The molecule has 0 saturated heterocycles.